The third-order valence-corrected chi connectivity index (χ3v) is 5.99. The Balaban J connectivity index is 1.94. The lowest BCUT2D eigenvalue weighted by atomic mass is 9.86. The molecule has 3 rings (SSSR count). The number of H-pyrrole nitrogens is 1. The van der Waals surface area contributed by atoms with E-state index in [1.807, 2.05) is 58.0 Å². The summed E-state index contributed by atoms with van der Waals surface area (Å²) in [5, 5.41) is 0. The first-order valence-corrected chi connectivity index (χ1v) is 11.4. The number of carbonyl (C=O) groups is 1. The molecule has 0 spiro atoms. The number of hydrogen-bond donors (Lipinski definition) is 1. The van der Waals surface area contributed by atoms with Gasteiger partial charge >= 0.3 is 11.7 Å². The van der Waals surface area contributed by atoms with Crippen molar-refractivity contribution in [3.8, 4) is 0 Å². The Morgan fingerprint density at radius 3 is 2.47 bits per heavy atom. The molecule has 8 heteroatoms. The maximum absolute atomic E-state index is 13.1. The second-order valence-corrected chi connectivity index (χ2v) is 8.09. The molecule has 0 amide bonds. The summed E-state index contributed by atoms with van der Waals surface area (Å²) in [5.74, 6) is -0.144. The Labute approximate surface area is 187 Å². The lowest BCUT2D eigenvalue weighted by molar-refractivity contribution is -0.148. The van der Waals surface area contributed by atoms with Crippen molar-refractivity contribution in [1.29, 1.82) is 0 Å². The van der Waals surface area contributed by atoms with Crippen molar-refractivity contribution in [2.45, 2.75) is 72.6 Å². The molecule has 1 aromatic carbocycles. The van der Waals surface area contributed by atoms with Crippen molar-refractivity contribution in [2.75, 3.05) is 0 Å². The zero-order valence-electron chi connectivity index (χ0n) is 19.3. The molecule has 172 valence electrons. The van der Waals surface area contributed by atoms with Crippen LogP contribution >= 0.6 is 0 Å². The quantitative estimate of drug-likeness (QED) is 0.486. The standard InChI is InChI=1S/C24H32N4O4/c1-5-8-14-28-21-20(22(29)26-24(28)31)27(7-3)18(25-21)15-32-23(30)19(16(4)6-2)17-12-10-9-11-13-17/h9-13,16,19H,5-8,14-15H2,1-4H3,(H,26,29,31)/t16-,19+/m1/s1. The Kier molecular flexibility index (Phi) is 7.66. The number of fused-ring (bicyclic) bond motifs is 1. The molecule has 0 bridgehead atoms. The number of aromatic amines is 1. The number of aryl methyl sites for hydroxylation is 2. The van der Waals surface area contributed by atoms with Crippen LogP contribution in [0, 0.1) is 5.92 Å². The van der Waals surface area contributed by atoms with Gasteiger partial charge in [0.1, 0.15) is 12.4 Å². The van der Waals surface area contributed by atoms with Crippen LogP contribution in [-0.4, -0.2) is 25.1 Å². The van der Waals surface area contributed by atoms with E-state index in [9.17, 15) is 14.4 Å². The Morgan fingerprint density at radius 1 is 1.12 bits per heavy atom. The molecular formula is C24H32N4O4. The normalized spacial score (nSPS) is 13.2. The van der Waals surface area contributed by atoms with E-state index in [0.29, 0.717) is 30.1 Å². The molecule has 0 aliphatic heterocycles. The van der Waals surface area contributed by atoms with E-state index in [4.69, 9.17) is 4.74 Å². The van der Waals surface area contributed by atoms with Crippen LogP contribution in [0.1, 0.15) is 64.3 Å². The summed E-state index contributed by atoms with van der Waals surface area (Å²) in [5.41, 5.74) is 0.630. The number of nitrogens with one attached hydrogen (secondary N) is 1. The minimum atomic E-state index is -0.480. The Hall–Kier alpha value is -3.16. The third-order valence-electron chi connectivity index (χ3n) is 5.99. The predicted molar refractivity (Wildman–Crippen MR) is 124 cm³/mol. The van der Waals surface area contributed by atoms with Crippen LogP contribution in [0.2, 0.25) is 0 Å². The number of rotatable bonds is 10. The SMILES string of the molecule is CCCCn1c(=O)[nH]c(=O)c2c1nc(COC(=O)[C@H](c1ccccc1)[C@H](C)CC)n2CC. The minimum Gasteiger partial charge on any atom is -0.457 e. The molecule has 2 heterocycles. The van der Waals surface area contributed by atoms with Crippen molar-refractivity contribution in [1.82, 2.24) is 19.1 Å². The van der Waals surface area contributed by atoms with Crippen molar-refractivity contribution in [2.24, 2.45) is 5.92 Å². The molecule has 3 aromatic rings. The summed E-state index contributed by atoms with van der Waals surface area (Å²) in [4.78, 5) is 44.9. The van der Waals surface area contributed by atoms with Crippen molar-refractivity contribution in [3.05, 3.63) is 62.6 Å². The summed E-state index contributed by atoms with van der Waals surface area (Å²) in [6, 6.07) is 9.62. The van der Waals surface area contributed by atoms with Crippen molar-refractivity contribution < 1.29 is 9.53 Å². The van der Waals surface area contributed by atoms with Crippen molar-refractivity contribution in [3.63, 3.8) is 0 Å². The lowest BCUT2D eigenvalue weighted by Crippen LogP contribution is -2.31. The maximum atomic E-state index is 13.1. The molecule has 32 heavy (non-hydrogen) atoms. The van der Waals surface area contributed by atoms with Gasteiger partial charge in [0.15, 0.2) is 11.2 Å². The van der Waals surface area contributed by atoms with E-state index in [1.54, 1.807) is 4.57 Å². The summed E-state index contributed by atoms with van der Waals surface area (Å²) in [6.07, 6.45) is 2.53. The highest BCUT2D eigenvalue weighted by Gasteiger charge is 2.28. The van der Waals surface area contributed by atoms with Crippen LogP contribution < -0.4 is 11.2 Å². The number of ether oxygens (including phenoxy) is 1. The fourth-order valence-electron chi connectivity index (χ4n) is 4.01. The van der Waals surface area contributed by atoms with Crippen molar-refractivity contribution >= 4 is 17.1 Å². The first-order chi connectivity index (χ1) is 15.4. The van der Waals surface area contributed by atoms with E-state index in [-0.39, 0.29) is 24.4 Å². The predicted octanol–water partition coefficient (Wildman–Crippen LogP) is 3.58. The Morgan fingerprint density at radius 2 is 1.84 bits per heavy atom. The summed E-state index contributed by atoms with van der Waals surface area (Å²) in [7, 11) is 0. The minimum absolute atomic E-state index is 0.0669. The topological polar surface area (TPSA) is 99.0 Å². The number of aromatic nitrogens is 4. The number of carbonyl (C=O) groups excluding carboxylic acids is 1. The van der Waals surface area contributed by atoms with Crippen LogP contribution in [-0.2, 0) is 29.2 Å². The van der Waals surface area contributed by atoms with Gasteiger partial charge in [-0.2, -0.15) is 0 Å². The highest BCUT2D eigenvalue weighted by Crippen LogP contribution is 2.28. The maximum Gasteiger partial charge on any atom is 0.330 e. The molecule has 0 saturated carbocycles. The fraction of sp³-hybridized carbons (Fsp3) is 0.500. The second kappa shape index (κ2) is 10.4. The molecule has 0 saturated heterocycles. The van der Waals surface area contributed by atoms with Gasteiger partial charge in [0.05, 0.1) is 5.92 Å². The number of nitrogens with zero attached hydrogens (tertiary/aromatic N) is 3. The van der Waals surface area contributed by atoms with Gasteiger partial charge in [-0.3, -0.25) is 19.1 Å². The average molecular weight is 441 g/mol. The van der Waals surface area contributed by atoms with Gasteiger partial charge in [-0.15, -0.1) is 0 Å². The van der Waals surface area contributed by atoms with Crippen LogP contribution in [0.25, 0.3) is 11.2 Å². The molecule has 0 aliphatic rings. The van der Waals surface area contributed by atoms with Gasteiger partial charge in [0.2, 0.25) is 0 Å². The second-order valence-electron chi connectivity index (χ2n) is 8.09. The zero-order valence-corrected chi connectivity index (χ0v) is 19.3. The van der Waals surface area contributed by atoms with Crippen LogP contribution in [0.15, 0.2) is 39.9 Å². The van der Waals surface area contributed by atoms with Gasteiger partial charge in [-0.05, 0) is 24.8 Å². The largest absolute Gasteiger partial charge is 0.457 e. The van der Waals surface area contributed by atoms with Crippen LogP contribution in [0.4, 0.5) is 0 Å². The first-order valence-electron chi connectivity index (χ1n) is 11.4. The number of benzene rings is 1. The highest BCUT2D eigenvalue weighted by molar-refractivity contribution is 5.78. The molecule has 2 aromatic heterocycles. The molecule has 0 radical (unpaired) electrons. The molecule has 0 unspecified atom stereocenters. The van der Waals surface area contributed by atoms with E-state index in [0.717, 1.165) is 24.8 Å². The average Bonchev–Trinajstić information content (AvgIpc) is 3.17. The van der Waals surface area contributed by atoms with Gasteiger partial charge in [-0.25, -0.2) is 9.78 Å². The van der Waals surface area contributed by atoms with Gasteiger partial charge in [0.25, 0.3) is 5.56 Å². The zero-order chi connectivity index (χ0) is 23.3. The van der Waals surface area contributed by atoms with Gasteiger partial charge in [0, 0.05) is 13.1 Å². The molecule has 2 atom stereocenters. The monoisotopic (exact) mass is 440 g/mol. The first kappa shape index (κ1) is 23.5. The van der Waals surface area contributed by atoms with Crippen LogP contribution in [0.3, 0.4) is 0 Å². The third kappa shape index (κ3) is 4.69. The number of esters is 1. The van der Waals surface area contributed by atoms with E-state index < -0.39 is 11.2 Å². The number of unbranched alkanes of at least 4 members (excludes halogenated alkanes) is 1. The molecule has 0 fully saturated rings. The van der Waals surface area contributed by atoms with Gasteiger partial charge in [-0.1, -0.05) is 63.9 Å². The Bertz CT molecular complexity index is 1180. The van der Waals surface area contributed by atoms with E-state index >= 15 is 0 Å². The fourth-order valence-corrected chi connectivity index (χ4v) is 4.01. The molecule has 0 aliphatic carbocycles. The number of imidazole rings is 1. The van der Waals surface area contributed by atoms with Crippen LogP contribution in [0.5, 0.6) is 0 Å². The smallest absolute Gasteiger partial charge is 0.330 e. The lowest BCUT2D eigenvalue weighted by Gasteiger charge is -2.22. The van der Waals surface area contributed by atoms with E-state index in [1.165, 1.54) is 4.57 Å². The molecule has 1 N–H and O–H groups in total. The highest BCUT2D eigenvalue weighted by atomic mass is 16.5. The summed E-state index contributed by atoms with van der Waals surface area (Å²) < 4.78 is 8.91. The summed E-state index contributed by atoms with van der Waals surface area (Å²) >= 11 is 0. The summed E-state index contributed by atoms with van der Waals surface area (Å²) in [6.45, 7) is 8.86. The number of hydrogen-bond acceptors (Lipinski definition) is 5. The molecular weight excluding hydrogens is 408 g/mol. The molecule has 8 nitrogen and oxygen atoms in total. The van der Waals surface area contributed by atoms with E-state index in [2.05, 4.69) is 9.97 Å². The van der Waals surface area contributed by atoms with Gasteiger partial charge < -0.3 is 9.30 Å².